The fourth-order valence-corrected chi connectivity index (χ4v) is 5.87. The minimum Gasteiger partial charge on any atom is -0.492 e. The highest BCUT2D eigenvalue weighted by molar-refractivity contribution is 7.89. The van der Waals surface area contributed by atoms with Gasteiger partial charge in [-0.15, -0.1) is 0 Å². The lowest BCUT2D eigenvalue weighted by Crippen LogP contribution is -2.43. The van der Waals surface area contributed by atoms with Crippen molar-refractivity contribution >= 4 is 39.3 Å². The van der Waals surface area contributed by atoms with Gasteiger partial charge in [0.25, 0.3) is 0 Å². The number of nitrogens with zero attached hydrogens (tertiary/aromatic N) is 1. The van der Waals surface area contributed by atoms with Crippen LogP contribution in [-0.4, -0.2) is 45.3 Å². The number of amides is 1. The van der Waals surface area contributed by atoms with Gasteiger partial charge in [-0.25, -0.2) is 17.9 Å². The Morgan fingerprint density at radius 3 is 2.71 bits per heavy atom. The van der Waals surface area contributed by atoms with Crippen molar-refractivity contribution in [3.8, 4) is 5.75 Å². The zero-order chi connectivity index (χ0) is 27.1. The summed E-state index contributed by atoms with van der Waals surface area (Å²) in [6, 6.07) is 14.3. The van der Waals surface area contributed by atoms with Crippen molar-refractivity contribution in [3.05, 3.63) is 87.7 Å². The van der Waals surface area contributed by atoms with Crippen LogP contribution >= 0.6 is 23.2 Å². The van der Waals surface area contributed by atoms with Crippen LogP contribution in [0.25, 0.3) is 0 Å². The van der Waals surface area contributed by atoms with Crippen LogP contribution in [0.15, 0.2) is 65.8 Å². The van der Waals surface area contributed by atoms with Gasteiger partial charge < -0.3 is 14.8 Å². The number of carbonyl (C=O) groups is 1. The summed E-state index contributed by atoms with van der Waals surface area (Å²) in [5.74, 6) is 0.549. The highest BCUT2D eigenvalue weighted by atomic mass is 35.5. The average molecular weight is 579 g/mol. The van der Waals surface area contributed by atoms with Gasteiger partial charge in [-0.3, -0.25) is 4.98 Å². The summed E-state index contributed by atoms with van der Waals surface area (Å²) in [6.07, 6.45) is 4.52. The van der Waals surface area contributed by atoms with Gasteiger partial charge in [-0.05, 0) is 79.3 Å². The average Bonchev–Trinajstić information content (AvgIpc) is 2.90. The van der Waals surface area contributed by atoms with Crippen molar-refractivity contribution in [1.82, 2.24) is 15.0 Å². The zero-order valence-electron chi connectivity index (χ0n) is 20.8. The molecular weight excluding hydrogens is 549 g/mol. The largest absolute Gasteiger partial charge is 0.492 e. The monoisotopic (exact) mass is 577 g/mol. The van der Waals surface area contributed by atoms with Gasteiger partial charge in [0.15, 0.2) is 0 Å². The normalized spacial score (nSPS) is 16.9. The van der Waals surface area contributed by atoms with Gasteiger partial charge in [0.1, 0.15) is 17.3 Å². The van der Waals surface area contributed by atoms with E-state index in [0.717, 1.165) is 24.0 Å². The Hall–Kier alpha value is -2.85. The number of sulfonamides is 1. The van der Waals surface area contributed by atoms with Crippen molar-refractivity contribution < 1.29 is 22.7 Å². The van der Waals surface area contributed by atoms with Crippen LogP contribution in [0.4, 0.5) is 4.79 Å². The molecule has 0 radical (unpaired) electrons. The van der Waals surface area contributed by atoms with E-state index in [2.05, 4.69) is 15.0 Å². The molecule has 1 aliphatic carbocycles. The van der Waals surface area contributed by atoms with Crippen molar-refractivity contribution in [2.24, 2.45) is 0 Å². The van der Waals surface area contributed by atoms with Gasteiger partial charge >= 0.3 is 6.09 Å². The van der Waals surface area contributed by atoms with Crippen LogP contribution < -0.4 is 14.8 Å². The lowest BCUT2D eigenvalue weighted by atomic mass is 9.76. The maximum atomic E-state index is 12.4. The zero-order valence-corrected chi connectivity index (χ0v) is 23.2. The van der Waals surface area contributed by atoms with Crippen LogP contribution in [0.1, 0.15) is 36.0 Å². The molecule has 1 amide bonds. The van der Waals surface area contributed by atoms with Crippen molar-refractivity contribution in [1.29, 1.82) is 0 Å². The fourth-order valence-electron chi connectivity index (χ4n) is 4.57. The number of halogens is 2. The summed E-state index contributed by atoms with van der Waals surface area (Å²) in [4.78, 5) is 16.2. The smallest absolute Gasteiger partial charge is 0.407 e. The summed E-state index contributed by atoms with van der Waals surface area (Å²) in [7, 11) is -3.67. The van der Waals surface area contributed by atoms with Crippen LogP contribution in [0.5, 0.6) is 5.75 Å². The summed E-state index contributed by atoms with van der Waals surface area (Å²) < 4.78 is 38.4. The number of alkyl carbamates (subject to hydrolysis) is 1. The molecule has 4 rings (SSSR count). The molecule has 202 valence electrons. The van der Waals surface area contributed by atoms with Gasteiger partial charge in [0.05, 0.1) is 16.7 Å². The van der Waals surface area contributed by atoms with Gasteiger partial charge in [-0.2, -0.15) is 0 Å². The molecule has 3 aromatic rings. The number of fused-ring (bicyclic) bond motifs is 1. The van der Waals surface area contributed by atoms with E-state index in [4.69, 9.17) is 32.7 Å². The maximum Gasteiger partial charge on any atom is 0.407 e. The first kappa shape index (κ1) is 28.2. The van der Waals surface area contributed by atoms with Gasteiger partial charge in [0, 0.05) is 30.9 Å². The predicted molar refractivity (Wildman–Crippen MR) is 147 cm³/mol. The third kappa shape index (κ3) is 7.17. The molecule has 38 heavy (non-hydrogen) atoms. The second-order valence-electron chi connectivity index (χ2n) is 8.86. The number of ether oxygens (including phenoxy) is 2. The molecule has 11 heteroatoms. The first-order valence-corrected chi connectivity index (χ1v) is 14.5. The Labute approximate surface area is 232 Å². The fraction of sp³-hybridized carbons (Fsp3) is 0.333. The van der Waals surface area contributed by atoms with Gasteiger partial charge in [0.2, 0.25) is 10.0 Å². The Morgan fingerprint density at radius 1 is 1.13 bits per heavy atom. The number of hydrogen-bond donors (Lipinski definition) is 2. The molecule has 1 aliphatic rings. The van der Waals surface area contributed by atoms with E-state index in [9.17, 15) is 13.2 Å². The molecule has 2 N–H and O–H groups in total. The summed E-state index contributed by atoms with van der Waals surface area (Å²) in [6.45, 7) is 2.28. The van der Waals surface area contributed by atoms with E-state index in [-0.39, 0.29) is 36.6 Å². The van der Waals surface area contributed by atoms with E-state index in [1.807, 2.05) is 30.3 Å². The molecule has 2 aromatic carbocycles. The lowest BCUT2D eigenvalue weighted by molar-refractivity contribution is 0.144. The minimum atomic E-state index is -3.67. The summed E-state index contributed by atoms with van der Waals surface area (Å²) >= 11 is 12.4. The molecule has 1 aromatic heterocycles. The second kappa shape index (κ2) is 12.8. The molecule has 0 bridgehead atoms. The Morgan fingerprint density at radius 2 is 1.97 bits per heavy atom. The molecule has 0 saturated heterocycles. The number of pyridine rings is 1. The molecule has 8 nitrogen and oxygen atoms in total. The molecule has 1 heterocycles. The first-order chi connectivity index (χ1) is 18.3. The highest BCUT2D eigenvalue weighted by Gasteiger charge is 2.32. The maximum absolute atomic E-state index is 12.4. The predicted octanol–water partition coefficient (Wildman–Crippen LogP) is 5.13. The van der Waals surface area contributed by atoms with E-state index in [1.54, 1.807) is 19.1 Å². The van der Waals surface area contributed by atoms with Crippen LogP contribution in [-0.2, 0) is 27.6 Å². The van der Waals surface area contributed by atoms with E-state index in [0.29, 0.717) is 22.2 Å². The number of aromatic nitrogens is 1. The molecule has 2 atom stereocenters. The van der Waals surface area contributed by atoms with E-state index < -0.39 is 16.1 Å². The standard InChI is InChI=1S/C27H29Cl2N3O5S/c1-2-36-27(33)32-26-10-7-19-6-8-20(37-13-12-31-38(34,35)21-4-3-11-30-17-21)16-22(19)23(26)14-18-5-9-24(28)25(29)15-18/h3-6,8-9,11,15-17,23,26,31H,2,7,10,12-14H2,1H3,(H,32,33). The first-order valence-electron chi connectivity index (χ1n) is 12.3. The molecule has 0 fully saturated rings. The number of benzene rings is 2. The van der Waals surface area contributed by atoms with Crippen molar-refractivity contribution in [2.75, 3.05) is 19.8 Å². The second-order valence-corrected chi connectivity index (χ2v) is 11.4. The third-order valence-electron chi connectivity index (χ3n) is 6.35. The number of carbonyl (C=O) groups excluding carboxylic acids is 1. The molecule has 2 unspecified atom stereocenters. The van der Waals surface area contributed by atoms with Gasteiger partial charge in [-0.1, -0.05) is 35.3 Å². The number of nitrogens with one attached hydrogen (secondary N) is 2. The van der Waals surface area contributed by atoms with Crippen molar-refractivity contribution in [2.45, 2.75) is 43.0 Å². The number of hydrogen-bond acceptors (Lipinski definition) is 6. The summed E-state index contributed by atoms with van der Waals surface area (Å²) in [5.41, 5.74) is 3.21. The lowest BCUT2D eigenvalue weighted by Gasteiger charge is -2.34. The minimum absolute atomic E-state index is 0.0620. The molecule has 0 aliphatic heterocycles. The molecular formula is C27H29Cl2N3O5S. The van der Waals surface area contributed by atoms with Crippen LogP contribution in [0.3, 0.4) is 0 Å². The SMILES string of the molecule is CCOC(=O)NC1CCc2ccc(OCCNS(=O)(=O)c3cccnc3)cc2C1Cc1ccc(Cl)c(Cl)c1. The summed E-state index contributed by atoms with van der Waals surface area (Å²) in [5, 5.41) is 3.97. The Kier molecular flexibility index (Phi) is 9.49. The molecule has 0 spiro atoms. The Bertz CT molecular complexity index is 1370. The number of rotatable bonds is 10. The highest BCUT2D eigenvalue weighted by Crippen LogP contribution is 2.37. The van der Waals surface area contributed by atoms with Crippen LogP contribution in [0.2, 0.25) is 10.0 Å². The Balaban J connectivity index is 1.49. The van der Waals surface area contributed by atoms with Crippen LogP contribution in [0, 0.1) is 0 Å². The molecule has 0 saturated carbocycles. The third-order valence-corrected chi connectivity index (χ3v) is 8.54. The van der Waals surface area contributed by atoms with E-state index >= 15 is 0 Å². The van der Waals surface area contributed by atoms with Crippen molar-refractivity contribution in [3.63, 3.8) is 0 Å². The quantitative estimate of drug-likeness (QED) is 0.323. The number of aryl methyl sites for hydroxylation is 1. The van der Waals surface area contributed by atoms with E-state index in [1.165, 1.54) is 24.0 Å². The topological polar surface area (TPSA) is 107 Å².